The molecule has 1 saturated carbocycles. The molecule has 19 heavy (non-hydrogen) atoms. The number of anilines is 2. The van der Waals surface area contributed by atoms with E-state index in [0.717, 1.165) is 6.54 Å². The molecule has 0 atom stereocenters. The molecular formula is C14H21N3O2. The van der Waals surface area contributed by atoms with Crippen LogP contribution < -0.4 is 11.1 Å². The molecule has 5 heteroatoms. The van der Waals surface area contributed by atoms with E-state index in [9.17, 15) is 10.1 Å². The van der Waals surface area contributed by atoms with Crippen LogP contribution in [0.4, 0.5) is 17.1 Å². The van der Waals surface area contributed by atoms with Gasteiger partial charge in [-0.25, -0.2) is 0 Å². The fraction of sp³-hybridized carbons (Fsp3) is 0.571. The Morgan fingerprint density at radius 1 is 1.26 bits per heavy atom. The molecule has 0 unspecified atom stereocenters. The van der Waals surface area contributed by atoms with E-state index in [2.05, 4.69) is 33.0 Å². The highest BCUT2D eigenvalue weighted by molar-refractivity contribution is 5.61. The monoisotopic (exact) mass is 263 g/mol. The standard InChI is InChI=1S/C14H21N3O2/c1-13(2)12(14(13,3)4)8-16-10-5-9(15)6-11(7-10)17(18)19/h5-7,12,16H,8,15H2,1-4H3. The maximum absolute atomic E-state index is 10.8. The van der Waals surface area contributed by atoms with E-state index in [4.69, 9.17) is 5.73 Å². The number of nitrogens with one attached hydrogen (secondary N) is 1. The van der Waals surface area contributed by atoms with Gasteiger partial charge in [-0.3, -0.25) is 10.1 Å². The molecule has 0 saturated heterocycles. The first-order valence-electron chi connectivity index (χ1n) is 6.45. The van der Waals surface area contributed by atoms with Gasteiger partial charge in [-0.05, 0) is 22.8 Å². The summed E-state index contributed by atoms with van der Waals surface area (Å²) in [6.07, 6.45) is 0. The maximum Gasteiger partial charge on any atom is 0.273 e. The lowest BCUT2D eigenvalue weighted by Gasteiger charge is -2.08. The Hall–Kier alpha value is -1.78. The smallest absolute Gasteiger partial charge is 0.273 e. The topological polar surface area (TPSA) is 81.2 Å². The third-order valence-electron chi connectivity index (χ3n) is 4.98. The lowest BCUT2D eigenvalue weighted by Crippen LogP contribution is -2.08. The van der Waals surface area contributed by atoms with Gasteiger partial charge in [0.25, 0.3) is 5.69 Å². The summed E-state index contributed by atoms with van der Waals surface area (Å²) in [6, 6.07) is 4.63. The van der Waals surface area contributed by atoms with Crippen LogP contribution in [-0.4, -0.2) is 11.5 Å². The molecule has 1 aliphatic rings. The number of hydrogen-bond acceptors (Lipinski definition) is 4. The van der Waals surface area contributed by atoms with Gasteiger partial charge in [0.1, 0.15) is 0 Å². The molecule has 3 N–H and O–H groups in total. The molecule has 0 aliphatic heterocycles. The van der Waals surface area contributed by atoms with Crippen LogP contribution in [0, 0.1) is 26.9 Å². The Kier molecular flexibility index (Phi) is 2.96. The van der Waals surface area contributed by atoms with Crippen molar-refractivity contribution in [2.24, 2.45) is 16.7 Å². The second-order valence-electron chi connectivity index (χ2n) is 6.45. The molecule has 0 radical (unpaired) electrons. The van der Waals surface area contributed by atoms with Crippen molar-refractivity contribution in [1.29, 1.82) is 0 Å². The van der Waals surface area contributed by atoms with Crippen LogP contribution in [0.25, 0.3) is 0 Å². The third kappa shape index (κ3) is 2.25. The molecular weight excluding hydrogens is 242 g/mol. The van der Waals surface area contributed by atoms with Crippen LogP contribution in [0.3, 0.4) is 0 Å². The molecule has 0 heterocycles. The number of nitrogen functional groups attached to an aromatic ring is 1. The fourth-order valence-electron chi connectivity index (χ4n) is 2.91. The summed E-state index contributed by atoms with van der Waals surface area (Å²) >= 11 is 0. The molecule has 2 rings (SSSR count). The largest absolute Gasteiger partial charge is 0.398 e. The van der Waals surface area contributed by atoms with E-state index in [1.54, 1.807) is 6.07 Å². The van der Waals surface area contributed by atoms with Crippen LogP contribution in [0.2, 0.25) is 0 Å². The number of benzene rings is 1. The molecule has 0 aromatic heterocycles. The minimum Gasteiger partial charge on any atom is -0.398 e. The van der Waals surface area contributed by atoms with E-state index < -0.39 is 4.92 Å². The Bertz CT molecular complexity index is 509. The van der Waals surface area contributed by atoms with Crippen LogP contribution in [0.15, 0.2) is 18.2 Å². The average Bonchev–Trinajstić information content (AvgIpc) is 2.66. The van der Waals surface area contributed by atoms with Crippen molar-refractivity contribution in [3.8, 4) is 0 Å². The zero-order valence-corrected chi connectivity index (χ0v) is 11.9. The minimum absolute atomic E-state index is 0.0248. The highest BCUT2D eigenvalue weighted by atomic mass is 16.6. The van der Waals surface area contributed by atoms with Gasteiger partial charge in [-0.2, -0.15) is 0 Å². The number of nitro groups is 1. The van der Waals surface area contributed by atoms with Crippen molar-refractivity contribution in [2.45, 2.75) is 27.7 Å². The highest BCUT2D eigenvalue weighted by Crippen LogP contribution is 2.68. The first kappa shape index (κ1) is 13.6. The van der Waals surface area contributed by atoms with E-state index in [0.29, 0.717) is 28.1 Å². The molecule has 1 aromatic rings. The van der Waals surface area contributed by atoms with Gasteiger partial charge in [-0.15, -0.1) is 0 Å². The summed E-state index contributed by atoms with van der Waals surface area (Å²) in [5, 5.41) is 14.1. The van der Waals surface area contributed by atoms with Crippen molar-refractivity contribution in [3.63, 3.8) is 0 Å². The molecule has 0 bridgehead atoms. The first-order valence-corrected chi connectivity index (χ1v) is 6.45. The van der Waals surface area contributed by atoms with Crippen LogP contribution >= 0.6 is 0 Å². The summed E-state index contributed by atoms with van der Waals surface area (Å²) in [5.74, 6) is 0.556. The van der Waals surface area contributed by atoms with Gasteiger partial charge >= 0.3 is 0 Å². The van der Waals surface area contributed by atoms with Gasteiger partial charge in [0, 0.05) is 30.1 Å². The molecule has 1 aromatic carbocycles. The Labute approximate surface area is 113 Å². The Morgan fingerprint density at radius 2 is 1.84 bits per heavy atom. The van der Waals surface area contributed by atoms with E-state index in [1.807, 2.05) is 0 Å². The number of hydrogen-bond donors (Lipinski definition) is 2. The molecule has 5 nitrogen and oxygen atoms in total. The second-order valence-corrected chi connectivity index (χ2v) is 6.45. The van der Waals surface area contributed by atoms with Crippen molar-refractivity contribution >= 4 is 17.1 Å². The van der Waals surface area contributed by atoms with Gasteiger partial charge in [0.05, 0.1) is 4.92 Å². The van der Waals surface area contributed by atoms with E-state index in [1.165, 1.54) is 12.1 Å². The Balaban J connectivity index is 2.07. The highest BCUT2D eigenvalue weighted by Gasteiger charge is 2.63. The van der Waals surface area contributed by atoms with Crippen molar-refractivity contribution < 1.29 is 4.92 Å². The number of nitrogens with two attached hydrogens (primary N) is 1. The predicted molar refractivity (Wildman–Crippen MR) is 77.1 cm³/mol. The molecule has 1 aliphatic carbocycles. The van der Waals surface area contributed by atoms with Crippen molar-refractivity contribution in [3.05, 3.63) is 28.3 Å². The number of nitrogens with zero attached hydrogens (tertiary/aromatic N) is 1. The lowest BCUT2D eigenvalue weighted by atomic mass is 10.0. The Morgan fingerprint density at radius 3 is 2.32 bits per heavy atom. The SMILES string of the molecule is CC1(C)C(CNc2cc(N)cc([N+](=O)[O-])c2)C1(C)C. The number of nitro benzene ring substituents is 1. The molecule has 0 amide bonds. The zero-order valence-electron chi connectivity index (χ0n) is 11.9. The summed E-state index contributed by atoms with van der Waals surface area (Å²) < 4.78 is 0. The normalized spacial score (nSPS) is 20.0. The van der Waals surface area contributed by atoms with Gasteiger partial charge in [0.15, 0.2) is 0 Å². The van der Waals surface area contributed by atoms with Crippen LogP contribution in [0.5, 0.6) is 0 Å². The summed E-state index contributed by atoms with van der Waals surface area (Å²) in [5.41, 5.74) is 7.42. The van der Waals surface area contributed by atoms with Gasteiger partial charge in [-0.1, -0.05) is 27.7 Å². The lowest BCUT2D eigenvalue weighted by molar-refractivity contribution is -0.384. The van der Waals surface area contributed by atoms with Crippen LogP contribution in [-0.2, 0) is 0 Å². The molecule has 0 spiro atoms. The van der Waals surface area contributed by atoms with Crippen molar-refractivity contribution in [2.75, 3.05) is 17.6 Å². The third-order valence-corrected chi connectivity index (χ3v) is 4.98. The molecule has 1 fully saturated rings. The quantitative estimate of drug-likeness (QED) is 0.496. The maximum atomic E-state index is 10.8. The number of non-ortho nitro benzene ring substituents is 1. The second kappa shape index (κ2) is 4.11. The van der Waals surface area contributed by atoms with Crippen LogP contribution in [0.1, 0.15) is 27.7 Å². The average molecular weight is 263 g/mol. The van der Waals surface area contributed by atoms with Gasteiger partial charge in [0.2, 0.25) is 0 Å². The fourth-order valence-corrected chi connectivity index (χ4v) is 2.91. The minimum atomic E-state index is -0.424. The van der Waals surface area contributed by atoms with E-state index >= 15 is 0 Å². The first-order chi connectivity index (χ1) is 8.66. The number of rotatable bonds is 4. The summed E-state index contributed by atoms with van der Waals surface area (Å²) in [4.78, 5) is 10.4. The van der Waals surface area contributed by atoms with Crippen molar-refractivity contribution in [1.82, 2.24) is 0 Å². The zero-order chi connectivity index (χ0) is 14.4. The van der Waals surface area contributed by atoms with E-state index in [-0.39, 0.29) is 5.69 Å². The predicted octanol–water partition coefficient (Wildman–Crippen LogP) is 3.27. The summed E-state index contributed by atoms with van der Waals surface area (Å²) in [7, 11) is 0. The van der Waals surface area contributed by atoms with Gasteiger partial charge < -0.3 is 11.1 Å². The molecule has 104 valence electrons. The summed E-state index contributed by atoms with van der Waals surface area (Å²) in [6.45, 7) is 9.81.